The monoisotopic (exact) mass is 300 g/mol. The Hall–Kier alpha value is -1.14. The maximum absolute atomic E-state index is 11.2. The number of carbonyl (C=O) groups excluding carboxylic acids is 2. The van der Waals surface area contributed by atoms with E-state index >= 15 is 0 Å². The molecule has 0 aromatic carbocycles. The second-order valence-electron chi connectivity index (χ2n) is 6.66. The zero-order chi connectivity index (χ0) is 16.2. The number of rotatable bonds is 7. The van der Waals surface area contributed by atoms with Crippen molar-refractivity contribution in [1.29, 1.82) is 0 Å². The molecule has 6 N–H and O–H groups in total. The number of aliphatic hydroxyl groups excluding tert-OH is 2. The minimum Gasteiger partial charge on any atom is -0.396 e. The van der Waals surface area contributed by atoms with E-state index in [1.807, 2.05) is 6.92 Å². The Morgan fingerprint density at radius 3 is 2.10 bits per heavy atom. The van der Waals surface area contributed by atoms with E-state index in [-0.39, 0.29) is 37.2 Å². The average molecular weight is 300 g/mol. The van der Waals surface area contributed by atoms with E-state index in [4.69, 9.17) is 11.5 Å². The summed E-state index contributed by atoms with van der Waals surface area (Å²) in [5.74, 6) is -1.37. The van der Waals surface area contributed by atoms with Gasteiger partial charge in [-0.05, 0) is 42.4 Å². The molecule has 2 amide bonds. The highest BCUT2D eigenvalue weighted by Crippen LogP contribution is 2.41. The van der Waals surface area contributed by atoms with Crippen LogP contribution in [0.5, 0.6) is 0 Å². The highest BCUT2D eigenvalue weighted by molar-refractivity contribution is 5.77. The summed E-state index contributed by atoms with van der Waals surface area (Å²) >= 11 is 0. The third-order valence-corrected chi connectivity index (χ3v) is 4.76. The van der Waals surface area contributed by atoms with Gasteiger partial charge in [-0.1, -0.05) is 13.8 Å². The Kier molecular flexibility index (Phi) is 6.61. The van der Waals surface area contributed by atoms with Crippen LogP contribution >= 0.6 is 0 Å². The van der Waals surface area contributed by atoms with Crippen molar-refractivity contribution in [3.05, 3.63) is 0 Å². The van der Waals surface area contributed by atoms with Crippen molar-refractivity contribution in [1.82, 2.24) is 0 Å². The van der Waals surface area contributed by atoms with Gasteiger partial charge in [0.05, 0.1) is 6.10 Å². The molecule has 0 spiro atoms. The maximum Gasteiger partial charge on any atom is 0.217 e. The predicted octanol–water partition coefficient (Wildman–Crippen LogP) is 0.00500. The van der Waals surface area contributed by atoms with Gasteiger partial charge < -0.3 is 21.7 Å². The van der Waals surface area contributed by atoms with Gasteiger partial charge in [0.15, 0.2) is 0 Å². The van der Waals surface area contributed by atoms with Crippen molar-refractivity contribution >= 4 is 11.8 Å². The summed E-state index contributed by atoms with van der Waals surface area (Å²) in [5, 5.41) is 20.2. The first-order valence-electron chi connectivity index (χ1n) is 7.61. The highest BCUT2D eigenvalue weighted by Gasteiger charge is 2.40. The van der Waals surface area contributed by atoms with Crippen LogP contribution in [0.3, 0.4) is 0 Å². The molecular formula is C15H28N2O4. The molecule has 0 aromatic heterocycles. The van der Waals surface area contributed by atoms with Crippen molar-refractivity contribution in [2.45, 2.75) is 45.6 Å². The van der Waals surface area contributed by atoms with E-state index in [1.165, 1.54) is 0 Å². The SMILES string of the molecule is CC1CC(C)C(O)C(C(CO)C(CC(N)=O)CC(N)=O)C1. The number of aliphatic hydroxyl groups is 2. The lowest BCUT2D eigenvalue weighted by molar-refractivity contribution is -0.123. The third-order valence-electron chi connectivity index (χ3n) is 4.76. The molecule has 122 valence electrons. The van der Waals surface area contributed by atoms with Crippen LogP contribution in [0.2, 0.25) is 0 Å². The molecule has 0 aliphatic heterocycles. The molecular weight excluding hydrogens is 272 g/mol. The molecule has 1 saturated carbocycles. The number of amides is 2. The lowest BCUT2D eigenvalue weighted by Crippen LogP contribution is -2.44. The molecule has 21 heavy (non-hydrogen) atoms. The highest BCUT2D eigenvalue weighted by atomic mass is 16.3. The van der Waals surface area contributed by atoms with Crippen LogP contribution in [-0.4, -0.2) is 34.7 Å². The molecule has 1 fully saturated rings. The van der Waals surface area contributed by atoms with Crippen molar-refractivity contribution < 1.29 is 19.8 Å². The number of primary amides is 2. The van der Waals surface area contributed by atoms with E-state index in [9.17, 15) is 19.8 Å². The summed E-state index contributed by atoms with van der Waals surface area (Å²) in [6.07, 6.45) is 1.17. The minimum atomic E-state index is -0.540. The van der Waals surface area contributed by atoms with Gasteiger partial charge in [0, 0.05) is 19.4 Å². The molecule has 5 unspecified atom stereocenters. The first kappa shape index (κ1) is 17.9. The second kappa shape index (κ2) is 7.75. The average Bonchev–Trinajstić information content (AvgIpc) is 2.34. The summed E-state index contributed by atoms with van der Waals surface area (Å²) in [7, 11) is 0. The fraction of sp³-hybridized carbons (Fsp3) is 0.867. The minimum absolute atomic E-state index is 0.000147. The number of hydrogen-bond donors (Lipinski definition) is 4. The second-order valence-corrected chi connectivity index (χ2v) is 6.66. The van der Waals surface area contributed by atoms with Crippen LogP contribution in [0.25, 0.3) is 0 Å². The lowest BCUT2D eigenvalue weighted by atomic mass is 9.65. The van der Waals surface area contributed by atoms with Gasteiger partial charge in [-0.3, -0.25) is 9.59 Å². The fourth-order valence-corrected chi connectivity index (χ4v) is 3.85. The molecule has 6 heteroatoms. The van der Waals surface area contributed by atoms with Gasteiger partial charge in [0.25, 0.3) is 0 Å². The van der Waals surface area contributed by atoms with Gasteiger partial charge in [-0.15, -0.1) is 0 Å². The fourth-order valence-electron chi connectivity index (χ4n) is 3.85. The van der Waals surface area contributed by atoms with Crippen LogP contribution in [0.1, 0.15) is 39.5 Å². The third kappa shape index (κ3) is 4.97. The zero-order valence-corrected chi connectivity index (χ0v) is 12.9. The molecule has 1 rings (SSSR count). The van der Waals surface area contributed by atoms with Crippen LogP contribution in [0, 0.1) is 29.6 Å². The Morgan fingerprint density at radius 1 is 1.14 bits per heavy atom. The summed E-state index contributed by atoms with van der Waals surface area (Å²) in [6, 6.07) is 0. The lowest BCUT2D eigenvalue weighted by Gasteiger charge is -2.42. The van der Waals surface area contributed by atoms with Crippen molar-refractivity contribution in [2.75, 3.05) is 6.61 Å². The van der Waals surface area contributed by atoms with Crippen molar-refractivity contribution in [2.24, 2.45) is 41.1 Å². The van der Waals surface area contributed by atoms with E-state index in [2.05, 4.69) is 6.92 Å². The normalized spacial score (nSPS) is 31.1. The first-order chi connectivity index (χ1) is 9.76. The topological polar surface area (TPSA) is 127 Å². The van der Waals surface area contributed by atoms with Crippen LogP contribution in [-0.2, 0) is 9.59 Å². The van der Waals surface area contributed by atoms with Crippen molar-refractivity contribution in [3.8, 4) is 0 Å². The summed E-state index contributed by atoms with van der Waals surface area (Å²) in [6.45, 7) is 3.91. The first-order valence-corrected chi connectivity index (χ1v) is 7.61. The Bertz CT molecular complexity index is 359. The Morgan fingerprint density at radius 2 is 1.67 bits per heavy atom. The molecule has 0 saturated heterocycles. The Balaban J connectivity index is 2.94. The zero-order valence-electron chi connectivity index (χ0n) is 12.9. The van der Waals surface area contributed by atoms with Crippen molar-refractivity contribution in [3.63, 3.8) is 0 Å². The summed E-state index contributed by atoms with van der Waals surface area (Å²) in [5.41, 5.74) is 10.5. The number of carbonyl (C=O) groups is 2. The molecule has 0 radical (unpaired) electrons. The van der Waals surface area contributed by atoms with Gasteiger partial charge in [-0.2, -0.15) is 0 Å². The summed E-state index contributed by atoms with van der Waals surface area (Å²) in [4.78, 5) is 22.5. The van der Waals surface area contributed by atoms with Crippen LogP contribution in [0.15, 0.2) is 0 Å². The number of nitrogens with two attached hydrogens (primary N) is 2. The number of hydrogen-bond acceptors (Lipinski definition) is 4. The van der Waals surface area contributed by atoms with E-state index in [0.29, 0.717) is 5.92 Å². The molecule has 1 aliphatic rings. The van der Waals surface area contributed by atoms with E-state index < -0.39 is 23.8 Å². The summed E-state index contributed by atoms with van der Waals surface area (Å²) < 4.78 is 0. The molecule has 0 bridgehead atoms. The van der Waals surface area contributed by atoms with Gasteiger partial charge in [0.1, 0.15) is 0 Å². The Labute approximate surface area is 125 Å². The van der Waals surface area contributed by atoms with Crippen LogP contribution in [0.4, 0.5) is 0 Å². The molecule has 0 aromatic rings. The standard InChI is InChI=1S/C15H28N2O4/c1-8-3-9(2)15(21)11(4-8)12(7-18)10(5-13(16)19)6-14(17)20/h8-12,15,18,21H,3-7H2,1-2H3,(H2,16,19)(H2,17,20). The van der Waals surface area contributed by atoms with Gasteiger partial charge >= 0.3 is 0 Å². The quantitative estimate of drug-likeness (QED) is 0.528. The smallest absolute Gasteiger partial charge is 0.217 e. The van der Waals surface area contributed by atoms with E-state index in [1.54, 1.807) is 0 Å². The molecule has 5 atom stereocenters. The molecule has 1 aliphatic carbocycles. The van der Waals surface area contributed by atoms with Gasteiger partial charge in [-0.25, -0.2) is 0 Å². The van der Waals surface area contributed by atoms with E-state index in [0.717, 1.165) is 12.8 Å². The van der Waals surface area contributed by atoms with Crippen LogP contribution < -0.4 is 11.5 Å². The molecule has 0 heterocycles. The largest absolute Gasteiger partial charge is 0.396 e. The maximum atomic E-state index is 11.2. The van der Waals surface area contributed by atoms with Gasteiger partial charge in [0.2, 0.25) is 11.8 Å². The molecule has 6 nitrogen and oxygen atoms in total. The predicted molar refractivity (Wildman–Crippen MR) is 78.7 cm³/mol.